The van der Waals surface area contributed by atoms with Crippen molar-refractivity contribution in [2.75, 3.05) is 14.2 Å². The molecule has 7 heteroatoms. The van der Waals surface area contributed by atoms with Gasteiger partial charge in [0.2, 0.25) is 10.0 Å². The van der Waals surface area contributed by atoms with Crippen LogP contribution in [0.15, 0.2) is 47.4 Å². The highest BCUT2D eigenvalue weighted by Gasteiger charge is 2.20. The molecule has 2 aromatic carbocycles. The summed E-state index contributed by atoms with van der Waals surface area (Å²) in [5, 5.41) is 0. The number of esters is 1. The minimum Gasteiger partial charge on any atom is -0.495 e. The Morgan fingerprint density at radius 2 is 1.88 bits per heavy atom. The molecule has 0 aromatic heterocycles. The first-order valence-electron chi connectivity index (χ1n) is 7.22. The Morgan fingerprint density at radius 3 is 2.50 bits per heavy atom. The standard InChI is InChI=1S/C17H19NO5S/c1-12-6-4-5-7-14(12)11-23-17(19)13-8-9-15(22-3)16(10-13)24(20,21)18-2/h4-10,18H,11H2,1-3H3. The van der Waals surface area contributed by atoms with Crippen molar-refractivity contribution < 1.29 is 22.7 Å². The zero-order chi connectivity index (χ0) is 17.7. The summed E-state index contributed by atoms with van der Waals surface area (Å²) in [5.74, 6) is -0.451. The highest BCUT2D eigenvalue weighted by atomic mass is 32.2. The summed E-state index contributed by atoms with van der Waals surface area (Å²) in [4.78, 5) is 12.1. The Balaban J connectivity index is 2.24. The number of nitrogens with one attached hydrogen (secondary N) is 1. The number of rotatable bonds is 6. The first-order chi connectivity index (χ1) is 11.4. The normalized spacial score (nSPS) is 11.1. The lowest BCUT2D eigenvalue weighted by molar-refractivity contribution is 0.0472. The molecular weight excluding hydrogens is 330 g/mol. The Morgan fingerprint density at radius 1 is 1.17 bits per heavy atom. The molecule has 0 fully saturated rings. The molecule has 0 unspecified atom stereocenters. The maximum atomic E-state index is 12.2. The third-order valence-corrected chi connectivity index (χ3v) is 5.01. The van der Waals surface area contributed by atoms with Gasteiger partial charge in [0.05, 0.1) is 12.7 Å². The third kappa shape index (κ3) is 3.93. The zero-order valence-electron chi connectivity index (χ0n) is 13.7. The summed E-state index contributed by atoms with van der Waals surface area (Å²) in [5.41, 5.74) is 2.04. The molecule has 0 spiro atoms. The average molecular weight is 349 g/mol. The lowest BCUT2D eigenvalue weighted by atomic mass is 10.1. The van der Waals surface area contributed by atoms with E-state index in [1.165, 1.54) is 32.4 Å². The summed E-state index contributed by atoms with van der Waals surface area (Å²) in [7, 11) is -1.10. The lowest BCUT2D eigenvalue weighted by Crippen LogP contribution is -2.20. The van der Waals surface area contributed by atoms with E-state index in [9.17, 15) is 13.2 Å². The van der Waals surface area contributed by atoms with Crippen LogP contribution in [0, 0.1) is 6.92 Å². The molecule has 1 N–H and O–H groups in total. The van der Waals surface area contributed by atoms with Crippen molar-refractivity contribution in [2.24, 2.45) is 0 Å². The molecule has 0 bridgehead atoms. The largest absolute Gasteiger partial charge is 0.495 e. The SMILES string of the molecule is CNS(=O)(=O)c1cc(C(=O)OCc2ccccc2C)ccc1OC. The van der Waals surface area contributed by atoms with E-state index in [1.807, 2.05) is 31.2 Å². The van der Waals surface area contributed by atoms with Gasteiger partial charge in [0.1, 0.15) is 17.3 Å². The number of carbonyl (C=O) groups excluding carboxylic acids is 1. The van der Waals surface area contributed by atoms with E-state index >= 15 is 0 Å². The number of methoxy groups -OCH3 is 1. The second kappa shape index (κ2) is 7.46. The summed E-state index contributed by atoms with van der Waals surface area (Å²) >= 11 is 0. The summed E-state index contributed by atoms with van der Waals surface area (Å²) in [6, 6.07) is 11.7. The molecule has 0 saturated carbocycles. The average Bonchev–Trinajstić information content (AvgIpc) is 2.60. The van der Waals surface area contributed by atoms with Gasteiger partial charge in [-0.05, 0) is 43.3 Å². The fourth-order valence-electron chi connectivity index (χ4n) is 2.12. The molecule has 2 rings (SSSR count). The predicted molar refractivity (Wildman–Crippen MR) is 89.5 cm³/mol. The van der Waals surface area contributed by atoms with Gasteiger partial charge in [-0.2, -0.15) is 0 Å². The van der Waals surface area contributed by atoms with E-state index in [0.29, 0.717) is 0 Å². The summed E-state index contributed by atoms with van der Waals surface area (Å²) < 4.78 is 36.6. The fraction of sp³-hybridized carbons (Fsp3) is 0.235. The Labute approximate surface area is 141 Å². The number of carbonyl (C=O) groups is 1. The van der Waals surface area contributed by atoms with Crippen LogP contribution in [-0.2, 0) is 21.4 Å². The highest BCUT2D eigenvalue weighted by molar-refractivity contribution is 7.89. The summed E-state index contributed by atoms with van der Waals surface area (Å²) in [6.45, 7) is 2.04. The van der Waals surface area contributed by atoms with Gasteiger partial charge < -0.3 is 9.47 Å². The number of hydrogen-bond acceptors (Lipinski definition) is 5. The predicted octanol–water partition coefficient (Wildman–Crippen LogP) is 2.27. The van der Waals surface area contributed by atoms with Crippen molar-refractivity contribution in [3.8, 4) is 5.75 Å². The smallest absolute Gasteiger partial charge is 0.338 e. The number of benzene rings is 2. The number of ether oxygens (including phenoxy) is 2. The first kappa shape index (κ1) is 18.0. The van der Waals surface area contributed by atoms with Gasteiger partial charge in [0.25, 0.3) is 0 Å². The molecule has 2 aromatic rings. The van der Waals surface area contributed by atoms with Crippen molar-refractivity contribution in [2.45, 2.75) is 18.4 Å². The monoisotopic (exact) mass is 349 g/mol. The van der Waals surface area contributed by atoms with Crippen LogP contribution in [0.3, 0.4) is 0 Å². The van der Waals surface area contributed by atoms with Crippen LogP contribution in [0.5, 0.6) is 5.75 Å². The minimum atomic E-state index is -3.75. The Kier molecular flexibility index (Phi) is 5.58. The Bertz CT molecular complexity index is 846. The van der Waals surface area contributed by atoms with E-state index in [-0.39, 0.29) is 22.8 Å². The van der Waals surface area contributed by atoms with Gasteiger partial charge in [-0.25, -0.2) is 17.9 Å². The zero-order valence-corrected chi connectivity index (χ0v) is 14.5. The maximum absolute atomic E-state index is 12.2. The second-order valence-corrected chi connectivity index (χ2v) is 6.93. The van der Waals surface area contributed by atoms with E-state index in [2.05, 4.69) is 4.72 Å². The van der Waals surface area contributed by atoms with Crippen LogP contribution >= 0.6 is 0 Å². The van der Waals surface area contributed by atoms with Crippen molar-refractivity contribution in [3.05, 3.63) is 59.2 Å². The van der Waals surface area contributed by atoms with Crippen molar-refractivity contribution in [1.82, 2.24) is 4.72 Å². The molecule has 0 saturated heterocycles. The minimum absolute atomic E-state index is 0.113. The molecule has 0 aliphatic heterocycles. The maximum Gasteiger partial charge on any atom is 0.338 e. The van der Waals surface area contributed by atoms with Gasteiger partial charge >= 0.3 is 5.97 Å². The molecule has 0 atom stereocenters. The first-order valence-corrected chi connectivity index (χ1v) is 8.70. The quantitative estimate of drug-likeness (QED) is 0.809. The molecule has 0 heterocycles. The molecular formula is C17H19NO5S. The van der Waals surface area contributed by atoms with Crippen LogP contribution in [0.25, 0.3) is 0 Å². The second-order valence-electron chi connectivity index (χ2n) is 5.08. The lowest BCUT2D eigenvalue weighted by Gasteiger charge is -2.11. The van der Waals surface area contributed by atoms with E-state index in [1.54, 1.807) is 0 Å². The van der Waals surface area contributed by atoms with Gasteiger partial charge in [-0.3, -0.25) is 0 Å². The van der Waals surface area contributed by atoms with Crippen LogP contribution in [-0.4, -0.2) is 28.5 Å². The van der Waals surface area contributed by atoms with Gasteiger partial charge in [0, 0.05) is 0 Å². The third-order valence-electron chi connectivity index (χ3n) is 3.58. The summed E-state index contributed by atoms with van der Waals surface area (Å²) in [6.07, 6.45) is 0. The fourth-order valence-corrected chi connectivity index (χ4v) is 3.04. The number of hydrogen-bond donors (Lipinski definition) is 1. The molecule has 24 heavy (non-hydrogen) atoms. The Hall–Kier alpha value is -2.38. The van der Waals surface area contributed by atoms with Crippen molar-refractivity contribution in [1.29, 1.82) is 0 Å². The molecule has 0 radical (unpaired) electrons. The molecule has 128 valence electrons. The van der Waals surface area contributed by atoms with Crippen LogP contribution in [0.2, 0.25) is 0 Å². The van der Waals surface area contributed by atoms with Crippen LogP contribution in [0.4, 0.5) is 0 Å². The van der Waals surface area contributed by atoms with Gasteiger partial charge in [0.15, 0.2) is 0 Å². The van der Waals surface area contributed by atoms with Gasteiger partial charge in [-0.15, -0.1) is 0 Å². The number of sulfonamides is 1. The molecule has 6 nitrogen and oxygen atoms in total. The molecule has 0 aliphatic rings. The number of aryl methyl sites for hydroxylation is 1. The van der Waals surface area contributed by atoms with E-state index in [4.69, 9.17) is 9.47 Å². The van der Waals surface area contributed by atoms with Crippen LogP contribution < -0.4 is 9.46 Å². The van der Waals surface area contributed by atoms with E-state index in [0.717, 1.165) is 11.1 Å². The molecule has 0 amide bonds. The topological polar surface area (TPSA) is 81.7 Å². The van der Waals surface area contributed by atoms with Crippen molar-refractivity contribution in [3.63, 3.8) is 0 Å². The van der Waals surface area contributed by atoms with Crippen LogP contribution in [0.1, 0.15) is 21.5 Å². The highest BCUT2D eigenvalue weighted by Crippen LogP contribution is 2.25. The van der Waals surface area contributed by atoms with E-state index < -0.39 is 16.0 Å². The van der Waals surface area contributed by atoms with Crippen molar-refractivity contribution >= 4 is 16.0 Å². The van der Waals surface area contributed by atoms with Gasteiger partial charge in [-0.1, -0.05) is 24.3 Å². The molecule has 0 aliphatic carbocycles.